The molecule has 0 unspecified atom stereocenters. The van der Waals surface area contributed by atoms with Crippen LogP contribution in [0.2, 0.25) is 30.7 Å². The van der Waals surface area contributed by atoms with Gasteiger partial charge in [0.2, 0.25) is 0 Å². The van der Waals surface area contributed by atoms with Crippen LogP contribution in [0.3, 0.4) is 0 Å². The van der Waals surface area contributed by atoms with E-state index in [1.54, 1.807) is 18.2 Å². The fourth-order valence-corrected chi connectivity index (χ4v) is 7.57. The van der Waals surface area contributed by atoms with E-state index < -0.39 is 18.1 Å². The molecule has 0 bridgehead atoms. The fourth-order valence-electron chi connectivity index (χ4n) is 3.75. The van der Waals surface area contributed by atoms with Gasteiger partial charge in [-0.1, -0.05) is 65.4 Å². The zero-order chi connectivity index (χ0) is 26.1. The monoisotopic (exact) mass is 622 g/mol. The molecule has 2 heterocycles. The zero-order valence-electron chi connectivity index (χ0n) is 20.6. The maximum absolute atomic E-state index is 14.0. The first-order chi connectivity index (χ1) is 17.0. The predicted octanol–water partition coefficient (Wildman–Crippen LogP) is 8.20. The van der Waals surface area contributed by atoms with Gasteiger partial charge in [-0.15, -0.1) is 11.3 Å². The third-order valence-electron chi connectivity index (χ3n) is 5.64. The van der Waals surface area contributed by atoms with Crippen molar-refractivity contribution < 1.29 is 13.2 Å². The van der Waals surface area contributed by atoms with Gasteiger partial charge in [0.15, 0.2) is 0 Å². The minimum absolute atomic E-state index is 0.106. The lowest BCUT2D eigenvalue weighted by atomic mass is 10.0. The highest BCUT2D eigenvalue weighted by molar-refractivity contribution is 9.10. The molecule has 0 saturated heterocycles. The average molecular weight is 624 g/mol. The highest BCUT2D eigenvalue weighted by Gasteiger charge is 2.29. The van der Waals surface area contributed by atoms with Crippen LogP contribution in [0.4, 0.5) is 5.69 Å². The quantitative estimate of drug-likeness (QED) is 0.107. The van der Waals surface area contributed by atoms with Crippen molar-refractivity contribution in [2.45, 2.75) is 37.5 Å². The number of benzene rings is 2. The Morgan fingerprint density at radius 2 is 1.86 bits per heavy atom. The van der Waals surface area contributed by atoms with Crippen molar-refractivity contribution in [1.29, 1.82) is 0 Å². The lowest BCUT2D eigenvalue weighted by Crippen LogP contribution is -2.34. The average Bonchev–Trinajstić information content (AvgIpc) is 3.21. The van der Waals surface area contributed by atoms with Crippen molar-refractivity contribution in [3.8, 4) is 11.1 Å². The Bertz CT molecular complexity index is 1500. The largest absolute Gasteiger partial charge is 0.360 e. The highest BCUT2D eigenvalue weighted by atomic mass is 79.9. The van der Waals surface area contributed by atoms with E-state index in [1.165, 1.54) is 21.7 Å². The van der Waals surface area contributed by atoms with Crippen LogP contribution in [0.1, 0.15) is 5.69 Å². The molecule has 10 heteroatoms. The first-order valence-corrected chi connectivity index (χ1v) is 18.7. The van der Waals surface area contributed by atoms with Gasteiger partial charge in [-0.3, -0.25) is 0 Å². The summed E-state index contributed by atoms with van der Waals surface area (Å²) < 4.78 is 36.4. The molecule has 0 aliphatic rings. The Kier molecular flexibility index (Phi) is 8.28. The number of aryl methyl sites for hydroxylation is 1. The minimum atomic E-state index is -3.98. The molecule has 0 fully saturated rings. The van der Waals surface area contributed by atoms with E-state index in [2.05, 4.69) is 35.6 Å². The van der Waals surface area contributed by atoms with Gasteiger partial charge in [-0.05, 0) is 54.9 Å². The van der Waals surface area contributed by atoms with Crippen molar-refractivity contribution >= 4 is 72.9 Å². The summed E-state index contributed by atoms with van der Waals surface area (Å²) in [6.07, 6.45) is 0. The van der Waals surface area contributed by atoms with Crippen LogP contribution in [0, 0.1) is 6.92 Å². The van der Waals surface area contributed by atoms with Gasteiger partial charge >= 0.3 is 0 Å². The Morgan fingerprint density at radius 1 is 1.11 bits per heavy atom. The molecule has 4 rings (SSSR count). The summed E-state index contributed by atoms with van der Waals surface area (Å²) in [7, 11) is -5.33. The van der Waals surface area contributed by atoms with Crippen molar-refractivity contribution in [1.82, 2.24) is 4.98 Å². The second-order valence-corrected chi connectivity index (χ2v) is 19.5. The summed E-state index contributed by atoms with van der Waals surface area (Å²) in [5.41, 5.74) is 3.17. The molecule has 0 N–H and O–H groups in total. The third kappa shape index (κ3) is 6.20. The van der Waals surface area contributed by atoms with Crippen molar-refractivity contribution in [3.05, 3.63) is 75.2 Å². The maximum Gasteiger partial charge on any atom is 0.266 e. The molecule has 0 atom stereocenters. The number of halogens is 2. The third-order valence-corrected chi connectivity index (χ3v) is 10.7. The van der Waals surface area contributed by atoms with Gasteiger partial charge in [-0.25, -0.2) is 17.7 Å². The summed E-state index contributed by atoms with van der Waals surface area (Å²) in [6.45, 7) is 9.06. The Morgan fingerprint density at radius 3 is 2.56 bits per heavy atom. The molecule has 190 valence electrons. The number of fused-ring (bicyclic) bond motifs is 1. The molecule has 36 heavy (non-hydrogen) atoms. The summed E-state index contributed by atoms with van der Waals surface area (Å²) in [4.78, 5) is 5.60. The van der Waals surface area contributed by atoms with E-state index in [-0.39, 0.29) is 11.6 Å². The SMILES string of the molecule is Cc1cc(N(COCC[Si](C)(C)C)S(=O)(=O)c2cccc(Cl)c2)c2c(-c3cccc(Br)c3)csc2n1. The topological polar surface area (TPSA) is 59.5 Å². The molecular formula is C26H28BrClN2O3S2Si. The fraction of sp³-hybridized carbons (Fsp3) is 0.269. The van der Waals surface area contributed by atoms with Gasteiger partial charge in [0.25, 0.3) is 10.0 Å². The summed E-state index contributed by atoms with van der Waals surface area (Å²) in [5, 5.41) is 3.17. The number of hydrogen-bond donors (Lipinski definition) is 0. The lowest BCUT2D eigenvalue weighted by Gasteiger charge is -2.26. The van der Waals surface area contributed by atoms with Crippen molar-refractivity contribution in [2.24, 2.45) is 0 Å². The molecule has 4 aromatic rings. The van der Waals surface area contributed by atoms with E-state index in [1.807, 2.05) is 42.6 Å². The van der Waals surface area contributed by atoms with Gasteiger partial charge in [-0.2, -0.15) is 0 Å². The highest BCUT2D eigenvalue weighted by Crippen LogP contribution is 2.41. The van der Waals surface area contributed by atoms with Crippen molar-refractivity contribution in [2.75, 3.05) is 17.6 Å². The van der Waals surface area contributed by atoms with Gasteiger partial charge in [0.05, 0.1) is 10.6 Å². The van der Waals surface area contributed by atoms with Crippen LogP contribution < -0.4 is 4.31 Å². The molecule has 0 aliphatic carbocycles. The van der Waals surface area contributed by atoms with E-state index in [9.17, 15) is 8.42 Å². The Labute approximate surface area is 231 Å². The smallest absolute Gasteiger partial charge is 0.266 e. The number of sulfonamides is 1. The number of anilines is 1. The van der Waals surface area contributed by atoms with Crippen molar-refractivity contribution in [3.63, 3.8) is 0 Å². The van der Waals surface area contributed by atoms with Gasteiger partial charge < -0.3 is 4.74 Å². The first kappa shape index (κ1) is 27.3. The molecule has 0 spiro atoms. The minimum Gasteiger partial charge on any atom is -0.360 e. The van der Waals surface area contributed by atoms with Crippen LogP contribution in [-0.2, 0) is 14.8 Å². The van der Waals surface area contributed by atoms with Gasteiger partial charge in [0.1, 0.15) is 11.6 Å². The second-order valence-electron chi connectivity index (χ2n) is 9.78. The molecule has 0 radical (unpaired) electrons. The van der Waals surface area contributed by atoms with Crippen LogP contribution in [0.5, 0.6) is 0 Å². The number of pyridine rings is 1. The molecule has 2 aromatic carbocycles. The molecule has 5 nitrogen and oxygen atoms in total. The first-order valence-electron chi connectivity index (χ1n) is 11.5. The summed E-state index contributed by atoms with van der Waals surface area (Å²) >= 11 is 11.2. The van der Waals surface area contributed by atoms with E-state index in [4.69, 9.17) is 21.3 Å². The Balaban J connectivity index is 1.88. The normalized spacial score (nSPS) is 12.3. The number of aromatic nitrogens is 1. The molecule has 0 amide bonds. The lowest BCUT2D eigenvalue weighted by molar-refractivity contribution is 0.156. The number of thiophene rings is 1. The zero-order valence-corrected chi connectivity index (χ0v) is 25.6. The summed E-state index contributed by atoms with van der Waals surface area (Å²) in [5.74, 6) is 0. The molecule has 0 aliphatic heterocycles. The Hall–Kier alpha value is -1.75. The number of rotatable bonds is 9. The number of nitrogens with zero attached hydrogens (tertiary/aromatic N) is 2. The van der Waals surface area contributed by atoms with Crippen LogP contribution in [0.15, 0.2) is 69.3 Å². The van der Waals surface area contributed by atoms with Crippen LogP contribution in [-0.4, -0.2) is 34.8 Å². The maximum atomic E-state index is 14.0. The molecular weight excluding hydrogens is 596 g/mol. The standard InChI is InChI=1S/C26H28BrClN2O3S2Si/c1-18-13-24(25-23(16-34-26(25)29-18)19-7-5-8-20(27)14-19)30(17-33-11-12-36(2,3)4)35(31,32)22-10-6-9-21(28)15-22/h5-10,13-16H,11-12,17H2,1-4H3. The van der Waals surface area contributed by atoms with E-state index in [0.29, 0.717) is 17.3 Å². The van der Waals surface area contributed by atoms with Crippen LogP contribution >= 0.6 is 38.9 Å². The second kappa shape index (κ2) is 10.9. The van der Waals surface area contributed by atoms with E-state index in [0.717, 1.165) is 37.6 Å². The number of hydrogen-bond acceptors (Lipinski definition) is 5. The van der Waals surface area contributed by atoms with Gasteiger partial charge in [0, 0.05) is 46.2 Å². The number of ether oxygens (including phenoxy) is 1. The van der Waals surface area contributed by atoms with E-state index >= 15 is 0 Å². The predicted molar refractivity (Wildman–Crippen MR) is 158 cm³/mol. The molecule has 2 aromatic heterocycles. The molecule has 0 saturated carbocycles. The summed E-state index contributed by atoms with van der Waals surface area (Å²) in [6, 6.07) is 17.0. The van der Waals surface area contributed by atoms with Crippen LogP contribution in [0.25, 0.3) is 21.3 Å².